The fraction of sp³-hybridized carbons (Fsp3) is 0.231. The van der Waals surface area contributed by atoms with E-state index in [0.29, 0.717) is 28.5 Å². The number of nitrogens with zero attached hydrogens (tertiary/aromatic N) is 2. The molecule has 1 aromatic heterocycles. The Hall–Kier alpha value is -3.87. The van der Waals surface area contributed by atoms with Crippen LogP contribution in [0.5, 0.6) is 11.5 Å². The Balaban J connectivity index is 1.53. The molecule has 4 aromatic rings. The van der Waals surface area contributed by atoms with Gasteiger partial charge in [-0.15, -0.1) is 0 Å². The highest BCUT2D eigenvalue weighted by Gasteiger charge is 2.29. The molecular formula is C26H24FN3O3. The average Bonchev–Trinajstić information content (AvgIpc) is 3.18. The molecule has 1 atom stereocenters. The van der Waals surface area contributed by atoms with Crippen LogP contribution in [0.3, 0.4) is 0 Å². The number of carbonyl (C=O) groups is 1. The van der Waals surface area contributed by atoms with Crippen molar-refractivity contribution in [3.63, 3.8) is 0 Å². The molecule has 0 saturated heterocycles. The Bertz CT molecular complexity index is 1360. The lowest BCUT2D eigenvalue weighted by atomic mass is 10.1. The van der Waals surface area contributed by atoms with Crippen LogP contribution in [0.15, 0.2) is 60.7 Å². The second-order valence-electron chi connectivity index (χ2n) is 8.38. The normalized spacial score (nSPS) is 15.1. The highest BCUT2D eigenvalue weighted by atomic mass is 19.1. The Morgan fingerprint density at radius 2 is 1.91 bits per heavy atom. The van der Waals surface area contributed by atoms with E-state index in [4.69, 9.17) is 14.5 Å². The third-order valence-corrected chi connectivity index (χ3v) is 5.73. The first-order valence-electron chi connectivity index (χ1n) is 10.9. The topological polar surface area (TPSA) is 65.4 Å². The van der Waals surface area contributed by atoms with Crippen molar-refractivity contribution in [2.75, 3.05) is 11.9 Å². The minimum atomic E-state index is -0.787. The summed E-state index contributed by atoms with van der Waals surface area (Å²) in [5, 5.41) is 3.03. The maximum absolute atomic E-state index is 13.9. The van der Waals surface area contributed by atoms with Gasteiger partial charge >= 0.3 is 0 Å². The summed E-state index contributed by atoms with van der Waals surface area (Å²) in [5.41, 5.74) is 3.68. The van der Waals surface area contributed by atoms with E-state index in [1.54, 1.807) is 12.1 Å². The summed E-state index contributed by atoms with van der Waals surface area (Å²) in [6, 6.07) is 17.7. The van der Waals surface area contributed by atoms with E-state index in [0.717, 1.165) is 16.6 Å². The van der Waals surface area contributed by atoms with Crippen molar-refractivity contribution < 1.29 is 18.7 Å². The van der Waals surface area contributed by atoms with Gasteiger partial charge in [0.15, 0.2) is 11.5 Å². The van der Waals surface area contributed by atoms with Gasteiger partial charge in [-0.2, -0.15) is 0 Å². The van der Waals surface area contributed by atoms with Gasteiger partial charge < -0.3 is 19.4 Å². The van der Waals surface area contributed by atoms with Crippen LogP contribution in [0.25, 0.3) is 22.4 Å². The molecule has 7 heteroatoms. The van der Waals surface area contributed by atoms with Gasteiger partial charge in [0.2, 0.25) is 6.10 Å². The third kappa shape index (κ3) is 3.80. The molecule has 3 aromatic carbocycles. The number of aryl methyl sites for hydroxylation is 1. The van der Waals surface area contributed by atoms with Crippen LogP contribution in [-0.4, -0.2) is 28.2 Å². The molecule has 33 heavy (non-hydrogen) atoms. The van der Waals surface area contributed by atoms with Gasteiger partial charge in [0, 0.05) is 17.7 Å². The standard InChI is InChI=1S/C26H24FN3O3/c1-15(2)30-20-12-11-17(27)13-19(20)28-25(30)18-8-6-7-16(3)24(18)29-26(31)23-14-32-21-9-4-5-10-22(21)33-23/h4-13,15,23H,14H2,1-3H3,(H,29,31). The van der Waals surface area contributed by atoms with E-state index >= 15 is 0 Å². The number of halogens is 1. The quantitative estimate of drug-likeness (QED) is 0.450. The maximum atomic E-state index is 13.9. The summed E-state index contributed by atoms with van der Waals surface area (Å²) < 4.78 is 27.5. The van der Waals surface area contributed by atoms with E-state index in [1.165, 1.54) is 12.1 Å². The molecule has 168 valence electrons. The first-order chi connectivity index (χ1) is 15.9. The van der Waals surface area contributed by atoms with Crippen LogP contribution in [0.4, 0.5) is 10.1 Å². The van der Waals surface area contributed by atoms with Crippen molar-refractivity contribution in [2.45, 2.75) is 32.9 Å². The van der Waals surface area contributed by atoms with Crippen LogP contribution >= 0.6 is 0 Å². The molecule has 2 heterocycles. The average molecular weight is 445 g/mol. The van der Waals surface area contributed by atoms with E-state index in [-0.39, 0.29) is 24.4 Å². The second-order valence-corrected chi connectivity index (χ2v) is 8.38. The molecule has 0 bridgehead atoms. The number of aromatic nitrogens is 2. The van der Waals surface area contributed by atoms with E-state index in [2.05, 4.69) is 9.88 Å². The highest BCUT2D eigenvalue weighted by Crippen LogP contribution is 2.36. The van der Waals surface area contributed by atoms with Crippen molar-refractivity contribution in [1.29, 1.82) is 0 Å². The second kappa shape index (κ2) is 8.24. The van der Waals surface area contributed by atoms with Crippen molar-refractivity contribution in [3.8, 4) is 22.9 Å². The summed E-state index contributed by atoms with van der Waals surface area (Å²) in [6.45, 7) is 6.14. The molecule has 0 spiro atoms. The van der Waals surface area contributed by atoms with Gasteiger partial charge in [0.05, 0.1) is 16.7 Å². The van der Waals surface area contributed by atoms with Gasteiger partial charge in [-0.05, 0) is 56.7 Å². The molecule has 0 aliphatic carbocycles. The fourth-order valence-corrected chi connectivity index (χ4v) is 4.16. The van der Waals surface area contributed by atoms with Crippen molar-refractivity contribution >= 4 is 22.6 Å². The van der Waals surface area contributed by atoms with Crippen molar-refractivity contribution in [3.05, 3.63) is 72.0 Å². The molecule has 1 aliphatic rings. The summed E-state index contributed by atoms with van der Waals surface area (Å²) in [4.78, 5) is 17.9. The number of para-hydroxylation sites is 3. The Morgan fingerprint density at radius 1 is 1.12 bits per heavy atom. The maximum Gasteiger partial charge on any atom is 0.269 e. The molecule has 6 nitrogen and oxygen atoms in total. The van der Waals surface area contributed by atoms with E-state index < -0.39 is 6.10 Å². The lowest BCUT2D eigenvalue weighted by Gasteiger charge is -2.26. The molecule has 0 saturated carbocycles. The Labute approximate surface area is 191 Å². The zero-order chi connectivity index (χ0) is 23.1. The van der Waals surface area contributed by atoms with Gasteiger partial charge in [-0.1, -0.05) is 24.3 Å². The minimum Gasteiger partial charge on any atom is -0.485 e. The molecule has 1 N–H and O–H groups in total. The van der Waals surface area contributed by atoms with Crippen LogP contribution < -0.4 is 14.8 Å². The molecule has 0 radical (unpaired) electrons. The zero-order valence-corrected chi connectivity index (χ0v) is 18.6. The van der Waals surface area contributed by atoms with Gasteiger partial charge in [0.25, 0.3) is 5.91 Å². The minimum absolute atomic E-state index is 0.0751. The molecular weight excluding hydrogens is 421 g/mol. The lowest BCUT2D eigenvalue weighted by Crippen LogP contribution is -2.40. The number of benzene rings is 3. The molecule has 1 amide bonds. The summed E-state index contributed by atoms with van der Waals surface area (Å²) in [5.74, 6) is 1.18. The third-order valence-electron chi connectivity index (χ3n) is 5.73. The predicted octanol–water partition coefficient (Wildman–Crippen LogP) is 5.51. The number of fused-ring (bicyclic) bond motifs is 2. The fourth-order valence-electron chi connectivity index (χ4n) is 4.16. The number of nitrogens with one attached hydrogen (secondary N) is 1. The molecule has 1 aliphatic heterocycles. The van der Waals surface area contributed by atoms with Gasteiger partial charge in [-0.3, -0.25) is 4.79 Å². The number of carbonyl (C=O) groups excluding carboxylic acids is 1. The van der Waals surface area contributed by atoms with Crippen LogP contribution in [0.1, 0.15) is 25.5 Å². The number of ether oxygens (including phenoxy) is 2. The van der Waals surface area contributed by atoms with Crippen molar-refractivity contribution in [2.24, 2.45) is 0 Å². The van der Waals surface area contributed by atoms with E-state index in [1.807, 2.05) is 57.2 Å². The number of amides is 1. The number of rotatable bonds is 4. The van der Waals surface area contributed by atoms with Gasteiger partial charge in [-0.25, -0.2) is 9.37 Å². The van der Waals surface area contributed by atoms with E-state index in [9.17, 15) is 9.18 Å². The van der Waals surface area contributed by atoms with Crippen LogP contribution in [0, 0.1) is 12.7 Å². The Morgan fingerprint density at radius 3 is 2.70 bits per heavy atom. The summed E-state index contributed by atoms with van der Waals surface area (Å²) >= 11 is 0. The van der Waals surface area contributed by atoms with Crippen LogP contribution in [0.2, 0.25) is 0 Å². The smallest absolute Gasteiger partial charge is 0.269 e. The van der Waals surface area contributed by atoms with Crippen molar-refractivity contribution in [1.82, 2.24) is 9.55 Å². The lowest BCUT2D eigenvalue weighted by molar-refractivity contribution is -0.125. The molecule has 1 unspecified atom stereocenters. The number of anilines is 1. The predicted molar refractivity (Wildman–Crippen MR) is 125 cm³/mol. The van der Waals surface area contributed by atoms with Crippen LogP contribution in [-0.2, 0) is 4.79 Å². The SMILES string of the molecule is Cc1cccc(-c2nc3cc(F)ccc3n2C(C)C)c1NC(=O)C1COc2ccccc2O1. The highest BCUT2D eigenvalue weighted by molar-refractivity contribution is 5.99. The monoisotopic (exact) mass is 445 g/mol. The summed E-state index contributed by atoms with van der Waals surface area (Å²) in [6.07, 6.45) is -0.787. The number of imidazole rings is 1. The Kier molecular flexibility index (Phi) is 5.24. The first-order valence-corrected chi connectivity index (χ1v) is 10.9. The zero-order valence-electron chi connectivity index (χ0n) is 18.6. The number of hydrogen-bond donors (Lipinski definition) is 1. The summed E-state index contributed by atoms with van der Waals surface area (Å²) in [7, 11) is 0. The number of hydrogen-bond acceptors (Lipinski definition) is 4. The first kappa shape index (κ1) is 21.0. The molecule has 0 fully saturated rings. The molecule has 5 rings (SSSR count). The largest absolute Gasteiger partial charge is 0.485 e. The van der Waals surface area contributed by atoms with Gasteiger partial charge in [0.1, 0.15) is 18.2 Å².